The first-order valence-electron chi connectivity index (χ1n) is 7.41. The number of nitrogens with one attached hydrogen (secondary N) is 1. The number of ketones is 1. The summed E-state index contributed by atoms with van der Waals surface area (Å²) in [6, 6.07) is 7.56. The second kappa shape index (κ2) is 7.81. The van der Waals surface area contributed by atoms with Gasteiger partial charge in [-0.15, -0.1) is 0 Å². The Bertz CT molecular complexity index is 472. The number of carbonyl (C=O) groups is 2. The fourth-order valence-corrected chi connectivity index (χ4v) is 1.81. The number of rotatable bonds is 6. The minimum atomic E-state index is -0.574. The standard InChI is InChI=1S/C17H25NO3/c1-5-6-7-13-8-10-14(11-9-13)15(19)12-18-16(20)21-17(2,3)4/h8-11H,5-7,12H2,1-4H3,(H,18,20). The van der Waals surface area contributed by atoms with Gasteiger partial charge in [0.15, 0.2) is 5.78 Å². The fraction of sp³-hybridized carbons (Fsp3) is 0.529. The molecule has 0 atom stereocenters. The molecule has 0 aliphatic heterocycles. The smallest absolute Gasteiger partial charge is 0.408 e. The van der Waals surface area contributed by atoms with Crippen LogP contribution in [0.4, 0.5) is 4.79 Å². The first kappa shape index (κ1) is 17.2. The normalized spacial score (nSPS) is 11.0. The van der Waals surface area contributed by atoms with Crippen molar-refractivity contribution < 1.29 is 14.3 Å². The van der Waals surface area contributed by atoms with E-state index in [1.165, 1.54) is 5.56 Å². The molecule has 1 amide bonds. The van der Waals surface area contributed by atoms with Crippen molar-refractivity contribution in [3.8, 4) is 0 Å². The molecule has 1 aromatic rings. The van der Waals surface area contributed by atoms with E-state index in [4.69, 9.17) is 4.74 Å². The summed E-state index contributed by atoms with van der Waals surface area (Å²) in [6.45, 7) is 7.44. The summed E-state index contributed by atoms with van der Waals surface area (Å²) in [5, 5.41) is 2.48. The predicted octanol–water partition coefficient (Wildman–Crippen LogP) is 3.74. The Hall–Kier alpha value is -1.84. The van der Waals surface area contributed by atoms with Crippen LogP contribution in [0.3, 0.4) is 0 Å². The topological polar surface area (TPSA) is 55.4 Å². The summed E-state index contributed by atoms with van der Waals surface area (Å²) in [4.78, 5) is 23.5. The van der Waals surface area contributed by atoms with Crippen LogP contribution in [0.2, 0.25) is 0 Å². The number of unbranched alkanes of at least 4 members (excludes halogenated alkanes) is 1. The first-order valence-corrected chi connectivity index (χ1v) is 7.41. The molecular formula is C17H25NO3. The zero-order valence-corrected chi connectivity index (χ0v) is 13.4. The average molecular weight is 291 g/mol. The largest absolute Gasteiger partial charge is 0.444 e. The number of hydrogen-bond acceptors (Lipinski definition) is 3. The lowest BCUT2D eigenvalue weighted by Gasteiger charge is -2.19. The molecule has 0 fully saturated rings. The van der Waals surface area contributed by atoms with Crippen molar-refractivity contribution in [2.24, 2.45) is 0 Å². The van der Waals surface area contributed by atoms with Crippen molar-refractivity contribution in [2.45, 2.75) is 52.6 Å². The van der Waals surface area contributed by atoms with Crippen LogP contribution >= 0.6 is 0 Å². The van der Waals surface area contributed by atoms with E-state index in [2.05, 4.69) is 12.2 Å². The van der Waals surface area contributed by atoms with Gasteiger partial charge in [-0.1, -0.05) is 37.6 Å². The second-order valence-corrected chi connectivity index (χ2v) is 6.08. The second-order valence-electron chi connectivity index (χ2n) is 6.08. The van der Waals surface area contributed by atoms with Gasteiger partial charge in [-0.05, 0) is 39.2 Å². The van der Waals surface area contributed by atoms with Gasteiger partial charge in [0.1, 0.15) is 5.60 Å². The zero-order valence-electron chi connectivity index (χ0n) is 13.4. The van der Waals surface area contributed by atoms with Crippen LogP contribution < -0.4 is 5.32 Å². The lowest BCUT2D eigenvalue weighted by atomic mass is 10.0. The molecule has 0 saturated heterocycles. The molecule has 0 spiro atoms. The predicted molar refractivity (Wildman–Crippen MR) is 83.6 cm³/mol. The summed E-state index contributed by atoms with van der Waals surface area (Å²) in [7, 11) is 0. The zero-order chi connectivity index (χ0) is 15.9. The van der Waals surface area contributed by atoms with Gasteiger partial charge in [0.2, 0.25) is 0 Å². The van der Waals surface area contributed by atoms with Crippen molar-refractivity contribution in [3.05, 3.63) is 35.4 Å². The third-order valence-electron chi connectivity index (χ3n) is 2.89. The van der Waals surface area contributed by atoms with E-state index in [0.29, 0.717) is 5.56 Å². The van der Waals surface area contributed by atoms with Gasteiger partial charge in [-0.3, -0.25) is 4.79 Å². The summed E-state index contributed by atoms with van der Waals surface area (Å²) >= 11 is 0. The molecule has 1 N–H and O–H groups in total. The Labute approximate surface area is 126 Å². The van der Waals surface area contributed by atoms with E-state index in [0.717, 1.165) is 19.3 Å². The van der Waals surface area contributed by atoms with Crippen molar-refractivity contribution in [3.63, 3.8) is 0 Å². The molecule has 0 saturated carbocycles. The van der Waals surface area contributed by atoms with E-state index in [9.17, 15) is 9.59 Å². The number of Topliss-reactive ketones (excluding diaryl/α,β-unsaturated/α-hetero) is 1. The minimum absolute atomic E-state index is 0.0524. The summed E-state index contributed by atoms with van der Waals surface area (Å²) in [5.74, 6) is -0.122. The summed E-state index contributed by atoms with van der Waals surface area (Å²) < 4.78 is 5.09. The molecule has 4 heteroatoms. The SMILES string of the molecule is CCCCc1ccc(C(=O)CNC(=O)OC(C)(C)C)cc1. The molecule has 0 radical (unpaired) electrons. The van der Waals surface area contributed by atoms with Crippen molar-refractivity contribution >= 4 is 11.9 Å². The highest BCUT2D eigenvalue weighted by atomic mass is 16.6. The lowest BCUT2D eigenvalue weighted by molar-refractivity contribution is 0.0520. The van der Waals surface area contributed by atoms with Gasteiger partial charge in [0, 0.05) is 5.56 Å². The Morgan fingerprint density at radius 3 is 2.29 bits per heavy atom. The number of amides is 1. The Morgan fingerprint density at radius 1 is 1.14 bits per heavy atom. The van der Waals surface area contributed by atoms with E-state index < -0.39 is 11.7 Å². The maximum Gasteiger partial charge on any atom is 0.408 e. The van der Waals surface area contributed by atoms with Gasteiger partial charge in [0.05, 0.1) is 6.54 Å². The van der Waals surface area contributed by atoms with Crippen LogP contribution in [0.5, 0.6) is 0 Å². The highest BCUT2D eigenvalue weighted by Crippen LogP contribution is 2.09. The Balaban J connectivity index is 2.47. The molecule has 4 nitrogen and oxygen atoms in total. The molecule has 0 aliphatic carbocycles. The molecular weight excluding hydrogens is 266 g/mol. The maximum absolute atomic E-state index is 12.0. The molecule has 21 heavy (non-hydrogen) atoms. The number of alkyl carbamates (subject to hydrolysis) is 1. The van der Waals surface area contributed by atoms with Gasteiger partial charge < -0.3 is 10.1 Å². The monoisotopic (exact) mass is 291 g/mol. The molecule has 0 heterocycles. The molecule has 0 aliphatic rings. The van der Waals surface area contributed by atoms with Crippen LogP contribution in [0.15, 0.2) is 24.3 Å². The Morgan fingerprint density at radius 2 is 1.76 bits per heavy atom. The molecule has 116 valence electrons. The fourth-order valence-electron chi connectivity index (χ4n) is 1.81. The van der Waals surface area contributed by atoms with E-state index >= 15 is 0 Å². The van der Waals surface area contributed by atoms with Crippen molar-refractivity contribution in [2.75, 3.05) is 6.54 Å². The number of ether oxygens (including phenoxy) is 1. The Kier molecular flexibility index (Phi) is 6.40. The first-order chi connectivity index (χ1) is 9.81. The average Bonchev–Trinajstić information content (AvgIpc) is 2.41. The van der Waals surface area contributed by atoms with Crippen molar-refractivity contribution in [1.29, 1.82) is 0 Å². The number of aryl methyl sites for hydroxylation is 1. The highest BCUT2D eigenvalue weighted by molar-refractivity contribution is 5.98. The van der Waals surface area contributed by atoms with Crippen molar-refractivity contribution in [1.82, 2.24) is 5.32 Å². The molecule has 1 aromatic carbocycles. The van der Waals surface area contributed by atoms with Gasteiger partial charge in [-0.25, -0.2) is 4.79 Å². The molecule has 0 unspecified atom stereocenters. The third-order valence-corrected chi connectivity index (χ3v) is 2.89. The summed E-state index contributed by atoms with van der Waals surface area (Å²) in [6.07, 6.45) is 2.75. The van der Waals surface area contributed by atoms with Crippen LogP contribution in [0.25, 0.3) is 0 Å². The van der Waals surface area contributed by atoms with Crippen LogP contribution in [0, 0.1) is 0 Å². The molecule has 1 rings (SSSR count). The van der Waals surface area contributed by atoms with Gasteiger partial charge in [0.25, 0.3) is 0 Å². The number of hydrogen-bond donors (Lipinski definition) is 1. The van der Waals surface area contributed by atoms with Gasteiger partial charge in [-0.2, -0.15) is 0 Å². The van der Waals surface area contributed by atoms with E-state index in [1.807, 2.05) is 24.3 Å². The molecule has 0 aromatic heterocycles. The lowest BCUT2D eigenvalue weighted by Crippen LogP contribution is -2.35. The maximum atomic E-state index is 12.0. The minimum Gasteiger partial charge on any atom is -0.444 e. The van der Waals surface area contributed by atoms with E-state index in [1.54, 1.807) is 20.8 Å². The van der Waals surface area contributed by atoms with E-state index in [-0.39, 0.29) is 12.3 Å². The number of benzene rings is 1. The van der Waals surface area contributed by atoms with Crippen LogP contribution in [-0.4, -0.2) is 24.0 Å². The third kappa shape index (κ3) is 6.93. The highest BCUT2D eigenvalue weighted by Gasteiger charge is 2.16. The quantitative estimate of drug-likeness (QED) is 0.812. The van der Waals surface area contributed by atoms with Crippen LogP contribution in [0.1, 0.15) is 56.5 Å². The van der Waals surface area contributed by atoms with Crippen LogP contribution in [-0.2, 0) is 11.2 Å². The number of carbonyl (C=O) groups excluding carboxylic acids is 2. The molecule has 0 bridgehead atoms. The van der Waals surface area contributed by atoms with Gasteiger partial charge >= 0.3 is 6.09 Å². The summed E-state index contributed by atoms with van der Waals surface area (Å²) in [5.41, 5.74) is 1.27.